The maximum Gasteiger partial charge on any atom is 0.241 e. The van der Waals surface area contributed by atoms with Crippen molar-refractivity contribution in [3.63, 3.8) is 0 Å². The molecule has 0 aromatic heterocycles. The van der Waals surface area contributed by atoms with Crippen LogP contribution in [0.25, 0.3) is 0 Å². The normalized spacial score (nSPS) is 12.4. The van der Waals surface area contributed by atoms with Gasteiger partial charge in [0.15, 0.2) is 0 Å². The van der Waals surface area contributed by atoms with Gasteiger partial charge in [-0.3, -0.25) is 9.79 Å². The van der Waals surface area contributed by atoms with Crippen LogP contribution in [0, 0.1) is 0 Å². The van der Waals surface area contributed by atoms with Crippen LogP contribution >= 0.6 is 0 Å². The summed E-state index contributed by atoms with van der Waals surface area (Å²) >= 11 is 0. The summed E-state index contributed by atoms with van der Waals surface area (Å²) in [6.45, 7) is 1.97. The minimum Gasteiger partial charge on any atom is -0.366 e. The van der Waals surface area contributed by atoms with E-state index in [0.717, 1.165) is 12.1 Å². The van der Waals surface area contributed by atoms with Crippen LogP contribution in [-0.4, -0.2) is 18.7 Å². The van der Waals surface area contributed by atoms with E-state index in [1.54, 1.807) is 13.1 Å². The lowest BCUT2D eigenvalue weighted by molar-refractivity contribution is -0.113. The molecule has 0 aromatic carbocycles. The van der Waals surface area contributed by atoms with E-state index in [1.165, 1.54) is 6.08 Å². The zero-order chi connectivity index (χ0) is 7.98. The van der Waals surface area contributed by atoms with Crippen molar-refractivity contribution in [3.8, 4) is 0 Å². The Morgan fingerprint density at radius 1 is 1.60 bits per heavy atom. The molecule has 0 atom stereocenters. The summed E-state index contributed by atoms with van der Waals surface area (Å²) < 4.78 is 0. The first-order valence-corrected chi connectivity index (χ1v) is 3.13. The number of amides is 1. The Balaban J connectivity index is 3.98. The van der Waals surface area contributed by atoms with Crippen molar-refractivity contribution in [2.75, 3.05) is 7.05 Å². The molecule has 0 aliphatic rings. The number of primary amides is 1. The number of carbonyl (C=O) groups excluding carboxylic acids is 1. The lowest BCUT2D eigenvalue weighted by Gasteiger charge is -1.90. The quantitative estimate of drug-likeness (QED) is 0.450. The van der Waals surface area contributed by atoms with Gasteiger partial charge in [-0.25, -0.2) is 0 Å². The van der Waals surface area contributed by atoms with E-state index in [9.17, 15) is 4.79 Å². The van der Waals surface area contributed by atoms with Gasteiger partial charge < -0.3 is 5.73 Å². The predicted octanol–water partition coefficient (Wildman–Crippen LogP) is 0.509. The van der Waals surface area contributed by atoms with Crippen LogP contribution in [-0.2, 0) is 4.79 Å². The van der Waals surface area contributed by atoms with Gasteiger partial charge in [0, 0.05) is 18.8 Å². The van der Waals surface area contributed by atoms with E-state index in [1.807, 2.05) is 6.92 Å². The molecule has 0 rings (SSSR count). The third kappa shape index (κ3) is 3.83. The van der Waals surface area contributed by atoms with E-state index >= 15 is 0 Å². The van der Waals surface area contributed by atoms with Gasteiger partial charge in [-0.2, -0.15) is 0 Å². The molecule has 3 nitrogen and oxygen atoms in total. The van der Waals surface area contributed by atoms with E-state index in [0.29, 0.717) is 0 Å². The molecule has 0 radical (unpaired) electrons. The Morgan fingerprint density at radius 3 is 2.50 bits per heavy atom. The minimum atomic E-state index is -0.436. The molecular formula is C7H12N2O. The highest BCUT2D eigenvalue weighted by molar-refractivity contribution is 6.00. The van der Waals surface area contributed by atoms with E-state index in [4.69, 9.17) is 5.73 Å². The first kappa shape index (κ1) is 8.88. The van der Waals surface area contributed by atoms with Gasteiger partial charge in [-0.05, 0) is 12.5 Å². The van der Waals surface area contributed by atoms with Crippen LogP contribution in [0.4, 0.5) is 0 Å². The molecule has 0 aliphatic heterocycles. The molecule has 0 bridgehead atoms. The third-order valence-corrected chi connectivity index (χ3v) is 1.09. The van der Waals surface area contributed by atoms with Crippen LogP contribution in [0.1, 0.15) is 13.3 Å². The SMILES string of the molecule is CCC(/C=C/C(N)=O)=NC. The fourth-order valence-electron chi connectivity index (χ4n) is 0.529. The number of allylic oxidation sites excluding steroid dienone is 1. The van der Waals surface area contributed by atoms with Crippen molar-refractivity contribution in [1.82, 2.24) is 0 Å². The second-order valence-corrected chi connectivity index (χ2v) is 1.80. The van der Waals surface area contributed by atoms with Crippen molar-refractivity contribution < 1.29 is 4.79 Å². The fourth-order valence-corrected chi connectivity index (χ4v) is 0.529. The molecule has 1 amide bonds. The molecule has 0 spiro atoms. The highest BCUT2D eigenvalue weighted by atomic mass is 16.1. The largest absolute Gasteiger partial charge is 0.366 e. The highest BCUT2D eigenvalue weighted by Gasteiger charge is 1.87. The summed E-state index contributed by atoms with van der Waals surface area (Å²) in [6.07, 6.45) is 3.76. The number of nitrogens with zero attached hydrogens (tertiary/aromatic N) is 1. The summed E-state index contributed by atoms with van der Waals surface area (Å²) in [5, 5.41) is 0. The van der Waals surface area contributed by atoms with Gasteiger partial charge in [-0.1, -0.05) is 6.92 Å². The second kappa shape index (κ2) is 4.73. The van der Waals surface area contributed by atoms with Gasteiger partial charge in [0.25, 0.3) is 0 Å². The number of carbonyl (C=O) groups is 1. The number of hydrogen-bond acceptors (Lipinski definition) is 2. The molecule has 0 aromatic rings. The van der Waals surface area contributed by atoms with Gasteiger partial charge >= 0.3 is 0 Å². The van der Waals surface area contributed by atoms with E-state index in [2.05, 4.69) is 4.99 Å². The lowest BCUT2D eigenvalue weighted by Crippen LogP contribution is -2.06. The Kier molecular flexibility index (Phi) is 4.20. The Labute approximate surface area is 60.6 Å². The molecule has 0 heterocycles. The van der Waals surface area contributed by atoms with Crippen molar-refractivity contribution in [3.05, 3.63) is 12.2 Å². The topological polar surface area (TPSA) is 55.5 Å². The van der Waals surface area contributed by atoms with Crippen molar-refractivity contribution in [2.45, 2.75) is 13.3 Å². The van der Waals surface area contributed by atoms with E-state index in [-0.39, 0.29) is 0 Å². The Bertz CT molecular complexity index is 170. The fraction of sp³-hybridized carbons (Fsp3) is 0.429. The molecule has 0 aliphatic carbocycles. The molecule has 2 N–H and O–H groups in total. The summed E-state index contributed by atoms with van der Waals surface area (Å²) in [7, 11) is 1.68. The monoisotopic (exact) mass is 140 g/mol. The molecule has 3 heteroatoms. The molecule has 0 fully saturated rings. The summed E-state index contributed by atoms with van der Waals surface area (Å²) in [5.74, 6) is -0.436. The van der Waals surface area contributed by atoms with Gasteiger partial charge in [0.1, 0.15) is 0 Å². The number of hydrogen-bond donors (Lipinski definition) is 1. The number of nitrogens with two attached hydrogens (primary N) is 1. The summed E-state index contributed by atoms with van der Waals surface area (Å²) in [4.78, 5) is 14.1. The first-order chi connectivity index (χ1) is 4.70. The van der Waals surface area contributed by atoms with Crippen LogP contribution in [0.3, 0.4) is 0 Å². The zero-order valence-corrected chi connectivity index (χ0v) is 6.29. The molecule has 56 valence electrons. The standard InChI is InChI=1S/C7H12N2O/c1-3-6(9-2)4-5-7(8)10/h4-5H,3H2,1-2H3,(H2,8,10)/b5-4+,9-6?. The van der Waals surface area contributed by atoms with Gasteiger partial charge in [0.05, 0.1) is 0 Å². The third-order valence-electron chi connectivity index (χ3n) is 1.09. The molecule has 0 saturated carbocycles. The Morgan fingerprint density at radius 2 is 2.20 bits per heavy atom. The minimum absolute atomic E-state index is 0.436. The van der Waals surface area contributed by atoms with E-state index < -0.39 is 5.91 Å². The molecule has 0 saturated heterocycles. The first-order valence-electron chi connectivity index (χ1n) is 3.13. The number of aliphatic imine (C=N–C) groups is 1. The molecule has 10 heavy (non-hydrogen) atoms. The molecule has 0 unspecified atom stereocenters. The van der Waals surface area contributed by atoms with Crippen LogP contribution in [0.2, 0.25) is 0 Å². The van der Waals surface area contributed by atoms with Crippen LogP contribution in [0.5, 0.6) is 0 Å². The maximum absolute atomic E-state index is 10.2. The van der Waals surface area contributed by atoms with Crippen molar-refractivity contribution >= 4 is 11.6 Å². The van der Waals surface area contributed by atoms with Crippen molar-refractivity contribution in [2.24, 2.45) is 10.7 Å². The van der Waals surface area contributed by atoms with Gasteiger partial charge in [0.2, 0.25) is 5.91 Å². The van der Waals surface area contributed by atoms with Gasteiger partial charge in [-0.15, -0.1) is 0 Å². The summed E-state index contributed by atoms with van der Waals surface area (Å²) in [5.41, 5.74) is 5.74. The highest BCUT2D eigenvalue weighted by Crippen LogP contribution is 1.86. The average Bonchev–Trinajstić information content (AvgIpc) is 1.90. The van der Waals surface area contributed by atoms with Crippen LogP contribution in [0.15, 0.2) is 17.1 Å². The smallest absolute Gasteiger partial charge is 0.241 e. The second-order valence-electron chi connectivity index (χ2n) is 1.80. The average molecular weight is 140 g/mol. The van der Waals surface area contributed by atoms with Crippen LogP contribution < -0.4 is 5.73 Å². The van der Waals surface area contributed by atoms with Crippen molar-refractivity contribution in [1.29, 1.82) is 0 Å². The lowest BCUT2D eigenvalue weighted by atomic mass is 10.2. The Hall–Kier alpha value is -1.12. The zero-order valence-electron chi connectivity index (χ0n) is 6.29. The maximum atomic E-state index is 10.2. The summed E-state index contributed by atoms with van der Waals surface area (Å²) in [6, 6.07) is 0. The number of rotatable bonds is 3. The molecular weight excluding hydrogens is 128 g/mol. The predicted molar refractivity (Wildman–Crippen MR) is 42.0 cm³/mol.